The fraction of sp³-hybridized carbons (Fsp3) is 0.263. The van der Waals surface area contributed by atoms with E-state index in [4.69, 9.17) is 21.1 Å². The molecule has 12 heteroatoms. The van der Waals surface area contributed by atoms with Crippen LogP contribution in [-0.4, -0.2) is 42.5 Å². The van der Waals surface area contributed by atoms with Gasteiger partial charge in [0.15, 0.2) is 19.0 Å². The summed E-state index contributed by atoms with van der Waals surface area (Å²) in [6, 6.07) is 7.45. The van der Waals surface area contributed by atoms with Crippen LogP contribution in [0.1, 0.15) is 12.0 Å². The van der Waals surface area contributed by atoms with Crippen LogP contribution in [-0.2, 0) is 25.3 Å². The van der Waals surface area contributed by atoms with Crippen molar-refractivity contribution in [1.82, 2.24) is 4.98 Å². The van der Waals surface area contributed by atoms with E-state index < -0.39 is 35.2 Å². The van der Waals surface area contributed by atoms with E-state index in [0.717, 1.165) is 0 Å². The Balaban J connectivity index is 1.49. The molecule has 8 nitrogen and oxygen atoms in total. The van der Waals surface area contributed by atoms with Gasteiger partial charge in [0.05, 0.1) is 22.7 Å². The van der Waals surface area contributed by atoms with Gasteiger partial charge < -0.3 is 19.7 Å². The van der Waals surface area contributed by atoms with Gasteiger partial charge in [0.25, 0.3) is 11.8 Å². The fourth-order valence-electron chi connectivity index (χ4n) is 2.67. The quantitative estimate of drug-likeness (QED) is 0.670. The van der Waals surface area contributed by atoms with Crippen molar-refractivity contribution in [2.75, 3.05) is 30.0 Å². The number of amides is 2. The molecule has 1 aliphatic rings. The molecule has 3 rings (SSSR count). The van der Waals surface area contributed by atoms with Crippen molar-refractivity contribution in [2.45, 2.75) is 12.6 Å². The number of nitrogens with one attached hydrogen (secondary N) is 1. The number of para-hydroxylation sites is 2. The first kappa shape index (κ1) is 22.3. The predicted octanol–water partition coefficient (Wildman–Crippen LogP) is 3.05. The average molecular weight is 458 g/mol. The third kappa shape index (κ3) is 5.63. The Morgan fingerprint density at radius 3 is 2.74 bits per heavy atom. The normalized spacial score (nSPS) is 13.3. The molecule has 0 atom stereocenters. The van der Waals surface area contributed by atoms with Gasteiger partial charge in [0.1, 0.15) is 5.75 Å². The molecule has 0 saturated heterocycles. The second-order valence-electron chi connectivity index (χ2n) is 6.31. The first-order valence-electron chi connectivity index (χ1n) is 8.85. The molecule has 1 aliphatic heterocycles. The molecular formula is C19H15ClF3N3O5. The Morgan fingerprint density at radius 2 is 2.03 bits per heavy atom. The van der Waals surface area contributed by atoms with E-state index in [0.29, 0.717) is 23.7 Å². The van der Waals surface area contributed by atoms with Gasteiger partial charge in [0, 0.05) is 12.7 Å². The Kier molecular flexibility index (Phi) is 6.64. The Morgan fingerprint density at radius 1 is 1.29 bits per heavy atom. The van der Waals surface area contributed by atoms with Crippen LogP contribution in [0.5, 0.6) is 5.75 Å². The molecule has 0 spiro atoms. The van der Waals surface area contributed by atoms with E-state index in [-0.39, 0.29) is 31.3 Å². The summed E-state index contributed by atoms with van der Waals surface area (Å²) in [6.07, 6.45) is -4.30. The molecule has 2 heterocycles. The van der Waals surface area contributed by atoms with Crippen molar-refractivity contribution in [3.63, 3.8) is 0 Å². The van der Waals surface area contributed by atoms with Crippen LogP contribution in [0.2, 0.25) is 5.02 Å². The Labute approximate surface area is 178 Å². The number of alkyl halides is 3. The summed E-state index contributed by atoms with van der Waals surface area (Å²) in [4.78, 5) is 40.7. The highest BCUT2D eigenvalue weighted by Gasteiger charge is 2.32. The van der Waals surface area contributed by atoms with Crippen molar-refractivity contribution < 1.29 is 37.0 Å². The van der Waals surface area contributed by atoms with Crippen molar-refractivity contribution in [1.29, 1.82) is 0 Å². The molecule has 2 aromatic rings. The van der Waals surface area contributed by atoms with E-state index in [1.165, 1.54) is 4.90 Å². The molecule has 2 amide bonds. The van der Waals surface area contributed by atoms with Gasteiger partial charge in [0.2, 0.25) is 0 Å². The van der Waals surface area contributed by atoms with Crippen molar-refractivity contribution in [3.8, 4) is 5.75 Å². The van der Waals surface area contributed by atoms with Crippen LogP contribution in [0.3, 0.4) is 0 Å². The minimum Gasteiger partial charge on any atom is -0.482 e. The molecule has 1 N–H and O–H groups in total. The first-order chi connectivity index (χ1) is 14.6. The van der Waals surface area contributed by atoms with Crippen LogP contribution in [0, 0.1) is 0 Å². The highest BCUT2D eigenvalue weighted by molar-refractivity contribution is 6.33. The number of halogens is 4. The van der Waals surface area contributed by atoms with Gasteiger partial charge in [-0.2, -0.15) is 13.2 Å². The first-order valence-corrected chi connectivity index (χ1v) is 9.23. The summed E-state index contributed by atoms with van der Waals surface area (Å²) in [5, 5.41) is 1.74. The smallest absolute Gasteiger partial charge is 0.417 e. The number of pyridine rings is 1. The van der Waals surface area contributed by atoms with E-state index in [1.807, 2.05) is 0 Å². The highest BCUT2D eigenvalue weighted by Crippen LogP contribution is 2.33. The molecule has 0 radical (unpaired) electrons. The minimum absolute atomic E-state index is 0.0198. The molecule has 0 bridgehead atoms. The van der Waals surface area contributed by atoms with Crippen LogP contribution in [0.4, 0.5) is 24.7 Å². The van der Waals surface area contributed by atoms with Crippen molar-refractivity contribution in [3.05, 3.63) is 47.1 Å². The lowest BCUT2D eigenvalue weighted by Crippen LogP contribution is -2.40. The van der Waals surface area contributed by atoms with E-state index in [2.05, 4.69) is 10.3 Å². The molecular weight excluding hydrogens is 443 g/mol. The maximum atomic E-state index is 12.6. The lowest BCUT2D eigenvalue weighted by Gasteiger charge is -2.28. The lowest BCUT2D eigenvalue weighted by atomic mass is 10.2. The zero-order chi connectivity index (χ0) is 22.6. The number of nitrogens with zero attached hydrogens (tertiary/aromatic N) is 2. The van der Waals surface area contributed by atoms with Crippen LogP contribution in [0.15, 0.2) is 36.5 Å². The van der Waals surface area contributed by atoms with Gasteiger partial charge in [-0.15, -0.1) is 0 Å². The zero-order valence-corrected chi connectivity index (χ0v) is 16.5. The molecule has 1 aromatic carbocycles. The number of anilines is 2. The SMILES string of the molecule is O=C(COC(=O)CCN1C(=O)COc2ccccc21)Nc1ncc(C(F)(F)F)cc1Cl. The fourth-order valence-corrected chi connectivity index (χ4v) is 2.89. The van der Waals surface area contributed by atoms with Gasteiger partial charge in [-0.25, -0.2) is 4.98 Å². The average Bonchev–Trinajstić information content (AvgIpc) is 2.72. The summed E-state index contributed by atoms with van der Waals surface area (Å²) in [5.41, 5.74) is -0.548. The molecule has 0 fully saturated rings. The summed E-state index contributed by atoms with van der Waals surface area (Å²) >= 11 is 5.70. The number of rotatable bonds is 6. The van der Waals surface area contributed by atoms with Gasteiger partial charge in [-0.1, -0.05) is 23.7 Å². The molecule has 0 saturated carbocycles. The number of benzene rings is 1. The summed E-state index contributed by atoms with van der Waals surface area (Å²) < 4.78 is 48.0. The molecule has 164 valence electrons. The number of esters is 1. The lowest BCUT2D eigenvalue weighted by molar-refractivity contribution is -0.147. The van der Waals surface area contributed by atoms with Crippen LogP contribution >= 0.6 is 11.6 Å². The van der Waals surface area contributed by atoms with Gasteiger partial charge in [-0.3, -0.25) is 14.4 Å². The second-order valence-corrected chi connectivity index (χ2v) is 6.72. The third-order valence-corrected chi connectivity index (χ3v) is 4.43. The summed E-state index contributed by atoms with van der Waals surface area (Å²) in [7, 11) is 0. The number of fused-ring (bicyclic) bond motifs is 1. The van der Waals surface area contributed by atoms with Crippen molar-refractivity contribution >= 4 is 40.9 Å². The highest BCUT2D eigenvalue weighted by atomic mass is 35.5. The largest absolute Gasteiger partial charge is 0.482 e. The molecule has 1 aromatic heterocycles. The van der Waals surface area contributed by atoms with Gasteiger partial charge in [-0.05, 0) is 18.2 Å². The Bertz CT molecular complexity index is 1020. The Hall–Kier alpha value is -3.34. The topological polar surface area (TPSA) is 97.8 Å². The van der Waals surface area contributed by atoms with E-state index >= 15 is 0 Å². The number of carbonyl (C=O) groups is 3. The number of carbonyl (C=O) groups excluding carboxylic acids is 3. The third-order valence-electron chi connectivity index (χ3n) is 4.14. The zero-order valence-electron chi connectivity index (χ0n) is 15.7. The monoisotopic (exact) mass is 457 g/mol. The number of ether oxygens (including phenoxy) is 2. The number of hydrogen-bond donors (Lipinski definition) is 1. The molecule has 0 unspecified atom stereocenters. The van der Waals surface area contributed by atoms with Crippen LogP contribution < -0.4 is 15.0 Å². The van der Waals surface area contributed by atoms with E-state index in [9.17, 15) is 27.6 Å². The molecule has 31 heavy (non-hydrogen) atoms. The van der Waals surface area contributed by atoms with Crippen molar-refractivity contribution in [2.24, 2.45) is 0 Å². The number of aromatic nitrogens is 1. The maximum Gasteiger partial charge on any atom is 0.417 e. The molecule has 0 aliphatic carbocycles. The maximum absolute atomic E-state index is 12.6. The minimum atomic E-state index is -4.63. The predicted molar refractivity (Wildman–Crippen MR) is 103 cm³/mol. The van der Waals surface area contributed by atoms with E-state index in [1.54, 1.807) is 24.3 Å². The summed E-state index contributed by atoms with van der Waals surface area (Å²) in [5.74, 6) is -1.71. The summed E-state index contributed by atoms with van der Waals surface area (Å²) in [6.45, 7) is -0.840. The number of hydrogen-bond acceptors (Lipinski definition) is 6. The second kappa shape index (κ2) is 9.21. The van der Waals surface area contributed by atoms with Crippen LogP contribution in [0.25, 0.3) is 0 Å². The van der Waals surface area contributed by atoms with Gasteiger partial charge >= 0.3 is 12.1 Å². The standard InChI is InChI=1S/C19H15ClF3N3O5/c20-12-7-11(19(21,22)23)8-24-18(12)25-15(27)9-31-17(29)5-6-26-13-3-1-2-4-14(13)30-10-16(26)28/h1-4,7-8H,5-6,9-10H2,(H,24,25,27).